The van der Waals surface area contributed by atoms with E-state index in [2.05, 4.69) is 15.6 Å². The Morgan fingerprint density at radius 1 is 1.09 bits per heavy atom. The van der Waals surface area contributed by atoms with Gasteiger partial charge >= 0.3 is 5.97 Å². The lowest BCUT2D eigenvalue weighted by Crippen LogP contribution is -2.56. The highest BCUT2D eigenvalue weighted by molar-refractivity contribution is 5.94. The fourth-order valence-electron chi connectivity index (χ4n) is 3.38. The number of carboxylic acids is 1. The van der Waals surface area contributed by atoms with Crippen LogP contribution in [-0.4, -0.2) is 82.8 Å². The Kier molecular flexibility index (Phi) is 11.0. The number of guanidine groups is 1. The maximum absolute atomic E-state index is 13.1. The third-order valence-corrected chi connectivity index (χ3v) is 5.11. The molecule has 0 bridgehead atoms. The molecule has 1 aliphatic heterocycles. The van der Waals surface area contributed by atoms with Crippen molar-refractivity contribution in [3.63, 3.8) is 0 Å². The lowest BCUT2D eigenvalue weighted by atomic mass is 10.1. The third kappa shape index (κ3) is 9.31. The first-order chi connectivity index (χ1) is 15.4. The number of rotatable bonds is 13. The van der Waals surface area contributed by atoms with Gasteiger partial charge in [0.05, 0.1) is 6.04 Å². The molecule has 0 aromatic heterocycles. The molecule has 0 unspecified atom stereocenters. The molecule has 0 aliphatic carbocycles. The highest BCUT2D eigenvalue weighted by Crippen LogP contribution is 2.20. The second-order valence-electron chi connectivity index (χ2n) is 7.89. The van der Waals surface area contributed by atoms with Gasteiger partial charge in [-0.1, -0.05) is 0 Å². The van der Waals surface area contributed by atoms with Gasteiger partial charge in [-0.3, -0.25) is 24.2 Å². The van der Waals surface area contributed by atoms with Gasteiger partial charge in [-0.15, -0.1) is 0 Å². The molecule has 1 heterocycles. The third-order valence-electron chi connectivity index (χ3n) is 5.11. The lowest BCUT2D eigenvalue weighted by molar-refractivity contribution is -0.145. The number of aliphatic carboxylic acids is 1. The van der Waals surface area contributed by atoms with Crippen molar-refractivity contribution in [1.82, 2.24) is 15.5 Å². The van der Waals surface area contributed by atoms with E-state index in [4.69, 9.17) is 22.9 Å². The van der Waals surface area contributed by atoms with Gasteiger partial charge in [0, 0.05) is 19.5 Å². The summed E-state index contributed by atoms with van der Waals surface area (Å²) in [7, 11) is 0. The summed E-state index contributed by atoms with van der Waals surface area (Å²) in [4.78, 5) is 65.7. The summed E-state index contributed by atoms with van der Waals surface area (Å²) in [5.74, 6) is -3.78. The van der Waals surface area contributed by atoms with Crippen molar-refractivity contribution < 1.29 is 29.1 Å². The van der Waals surface area contributed by atoms with Crippen molar-refractivity contribution in [2.75, 3.05) is 13.1 Å². The summed E-state index contributed by atoms with van der Waals surface area (Å²) in [6.07, 6.45) is 1.03. The summed E-state index contributed by atoms with van der Waals surface area (Å²) >= 11 is 0. The number of hydrogen-bond donors (Lipinski definition) is 7. The number of aliphatic imine (C=N–C) groups is 1. The average Bonchev–Trinajstić information content (AvgIpc) is 3.21. The second-order valence-corrected chi connectivity index (χ2v) is 7.89. The summed E-state index contributed by atoms with van der Waals surface area (Å²) in [6.45, 7) is 1.88. The van der Waals surface area contributed by atoms with Gasteiger partial charge < -0.3 is 43.6 Å². The molecular weight excluding hydrogens is 436 g/mol. The fraction of sp³-hybridized carbons (Fsp3) is 0.684. The number of carboxylic acid groups (broad SMARTS) is 1. The summed E-state index contributed by atoms with van der Waals surface area (Å²) in [5, 5.41) is 14.4. The first kappa shape index (κ1) is 27.6. The van der Waals surface area contributed by atoms with Crippen LogP contribution in [0.5, 0.6) is 0 Å². The molecule has 4 atom stereocenters. The number of nitrogens with zero attached hydrogens (tertiary/aromatic N) is 2. The number of hydrogen-bond acceptors (Lipinski definition) is 7. The molecule has 0 aromatic rings. The van der Waals surface area contributed by atoms with Crippen LogP contribution in [0.2, 0.25) is 0 Å². The summed E-state index contributed by atoms with van der Waals surface area (Å²) in [5.41, 5.74) is 21.2. The molecule has 14 nitrogen and oxygen atoms in total. The Labute approximate surface area is 191 Å². The van der Waals surface area contributed by atoms with Gasteiger partial charge in [0.15, 0.2) is 5.96 Å². The molecule has 14 heteroatoms. The van der Waals surface area contributed by atoms with Gasteiger partial charge in [0.25, 0.3) is 0 Å². The molecule has 1 fully saturated rings. The molecule has 1 rings (SSSR count). The Morgan fingerprint density at radius 2 is 1.76 bits per heavy atom. The van der Waals surface area contributed by atoms with Crippen molar-refractivity contribution in [2.24, 2.45) is 27.9 Å². The average molecular weight is 471 g/mol. The zero-order valence-corrected chi connectivity index (χ0v) is 18.7. The highest BCUT2D eigenvalue weighted by Gasteiger charge is 2.38. The summed E-state index contributed by atoms with van der Waals surface area (Å²) in [6, 6.07) is -4.09. The number of carbonyl (C=O) groups is 5. The number of likely N-dealkylation sites (tertiary alicyclic amines) is 1. The predicted octanol–water partition coefficient (Wildman–Crippen LogP) is -3.30. The van der Waals surface area contributed by atoms with Crippen LogP contribution < -0.4 is 33.6 Å². The molecule has 0 aromatic carbocycles. The van der Waals surface area contributed by atoms with E-state index in [1.165, 1.54) is 11.8 Å². The van der Waals surface area contributed by atoms with E-state index in [1.54, 1.807) is 0 Å². The van der Waals surface area contributed by atoms with E-state index in [-0.39, 0.29) is 38.3 Å². The van der Waals surface area contributed by atoms with E-state index in [0.717, 1.165) is 0 Å². The van der Waals surface area contributed by atoms with Crippen molar-refractivity contribution in [1.29, 1.82) is 0 Å². The minimum atomic E-state index is -1.23. The predicted molar refractivity (Wildman–Crippen MR) is 118 cm³/mol. The van der Waals surface area contributed by atoms with Crippen LogP contribution in [0.25, 0.3) is 0 Å². The highest BCUT2D eigenvalue weighted by atomic mass is 16.4. The van der Waals surface area contributed by atoms with E-state index < -0.39 is 53.8 Å². The number of nitrogens with one attached hydrogen (secondary N) is 2. The smallest absolute Gasteiger partial charge is 0.326 e. The topological polar surface area (TPSA) is 249 Å². The van der Waals surface area contributed by atoms with Crippen LogP contribution in [-0.2, 0) is 24.0 Å². The Morgan fingerprint density at radius 3 is 2.30 bits per heavy atom. The standard InChI is InChI=1S/C19H34N8O6/c1-10(20)15(29)25-11(6-7-14(21)28)17(31)27-9-3-5-13(27)16(30)26-12(18(32)33)4-2-8-24-19(22)23/h10-13H,2-9,20H2,1H3,(H2,21,28)(H,25,29)(H,26,30)(H,32,33)(H4,22,23,24)/t10-,11-,12-,13-/m0/s1. The van der Waals surface area contributed by atoms with E-state index in [0.29, 0.717) is 19.3 Å². The molecule has 186 valence electrons. The van der Waals surface area contributed by atoms with Crippen LogP contribution in [0, 0.1) is 0 Å². The minimum Gasteiger partial charge on any atom is -0.480 e. The monoisotopic (exact) mass is 470 g/mol. The van der Waals surface area contributed by atoms with E-state index >= 15 is 0 Å². The van der Waals surface area contributed by atoms with Crippen molar-refractivity contribution in [3.05, 3.63) is 0 Å². The maximum Gasteiger partial charge on any atom is 0.326 e. The van der Waals surface area contributed by atoms with Crippen LogP contribution in [0.1, 0.15) is 45.4 Å². The molecule has 1 saturated heterocycles. The largest absolute Gasteiger partial charge is 0.480 e. The van der Waals surface area contributed by atoms with Crippen molar-refractivity contribution in [3.8, 4) is 0 Å². The summed E-state index contributed by atoms with van der Waals surface area (Å²) < 4.78 is 0. The lowest BCUT2D eigenvalue weighted by Gasteiger charge is -2.29. The molecule has 0 saturated carbocycles. The fourth-order valence-corrected chi connectivity index (χ4v) is 3.38. The second kappa shape index (κ2) is 13.2. The molecule has 4 amide bonds. The van der Waals surface area contributed by atoms with E-state index in [9.17, 15) is 29.1 Å². The first-order valence-corrected chi connectivity index (χ1v) is 10.7. The van der Waals surface area contributed by atoms with Crippen LogP contribution in [0.4, 0.5) is 0 Å². The van der Waals surface area contributed by atoms with Crippen molar-refractivity contribution >= 4 is 35.6 Å². The minimum absolute atomic E-state index is 0.0555. The van der Waals surface area contributed by atoms with Gasteiger partial charge in [0.1, 0.15) is 18.1 Å². The number of carbonyl (C=O) groups excluding carboxylic acids is 4. The van der Waals surface area contributed by atoms with Gasteiger partial charge in [0.2, 0.25) is 23.6 Å². The van der Waals surface area contributed by atoms with Crippen molar-refractivity contribution in [2.45, 2.75) is 69.6 Å². The van der Waals surface area contributed by atoms with Gasteiger partial charge in [-0.05, 0) is 39.0 Å². The first-order valence-electron chi connectivity index (χ1n) is 10.7. The number of nitrogens with two attached hydrogens (primary N) is 4. The molecular formula is C19H34N8O6. The quantitative estimate of drug-likeness (QED) is 0.0807. The molecule has 33 heavy (non-hydrogen) atoms. The van der Waals surface area contributed by atoms with Gasteiger partial charge in [-0.25, -0.2) is 4.79 Å². The van der Waals surface area contributed by atoms with Crippen LogP contribution in [0.3, 0.4) is 0 Å². The molecule has 11 N–H and O–H groups in total. The van der Waals surface area contributed by atoms with E-state index in [1.807, 2.05) is 0 Å². The van der Waals surface area contributed by atoms with Gasteiger partial charge in [-0.2, -0.15) is 0 Å². The molecule has 1 aliphatic rings. The normalized spacial score (nSPS) is 18.0. The maximum atomic E-state index is 13.1. The molecule has 0 spiro atoms. The zero-order valence-electron chi connectivity index (χ0n) is 18.7. The van der Waals surface area contributed by atoms with Crippen LogP contribution >= 0.6 is 0 Å². The SMILES string of the molecule is C[C@H](N)C(=O)N[C@@H](CCC(N)=O)C(=O)N1CCC[C@H]1C(=O)N[C@@H](CCCN=C(N)N)C(=O)O. The number of amides is 4. The zero-order chi connectivity index (χ0) is 25.1. The Hall–Kier alpha value is -3.42. The molecule has 0 radical (unpaired) electrons. The van der Waals surface area contributed by atoms with Crippen LogP contribution in [0.15, 0.2) is 4.99 Å². The Balaban J connectivity index is 2.88. The Bertz CT molecular complexity index is 767. The number of primary amides is 1.